The van der Waals surface area contributed by atoms with E-state index in [1.165, 1.54) is 43.1 Å². The SMILES string of the molecule is CC(=O)c1ccc(C(=O)N(C)Cc2cccc(C(F)(F)F)c2)o1. The van der Waals surface area contributed by atoms with Crippen molar-refractivity contribution in [2.24, 2.45) is 0 Å². The van der Waals surface area contributed by atoms with Crippen LogP contribution in [0, 0.1) is 0 Å². The number of carbonyl (C=O) groups is 2. The van der Waals surface area contributed by atoms with Crippen LogP contribution in [-0.4, -0.2) is 23.6 Å². The van der Waals surface area contributed by atoms with E-state index in [0.29, 0.717) is 5.56 Å². The minimum Gasteiger partial charge on any atom is -0.448 e. The molecule has 2 rings (SSSR count). The number of rotatable bonds is 4. The first-order valence-corrected chi connectivity index (χ1v) is 6.71. The van der Waals surface area contributed by atoms with Gasteiger partial charge in [0.2, 0.25) is 0 Å². The summed E-state index contributed by atoms with van der Waals surface area (Å²) in [4.78, 5) is 24.5. The first-order valence-electron chi connectivity index (χ1n) is 6.71. The molecule has 0 atom stereocenters. The quantitative estimate of drug-likeness (QED) is 0.804. The Morgan fingerprint density at radius 2 is 1.78 bits per heavy atom. The molecule has 0 radical (unpaired) electrons. The molecule has 2 aromatic rings. The van der Waals surface area contributed by atoms with E-state index in [-0.39, 0.29) is 23.8 Å². The summed E-state index contributed by atoms with van der Waals surface area (Å²) in [6.45, 7) is 1.29. The summed E-state index contributed by atoms with van der Waals surface area (Å²) in [5, 5.41) is 0. The monoisotopic (exact) mass is 325 g/mol. The zero-order chi connectivity index (χ0) is 17.2. The van der Waals surface area contributed by atoms with Gasteiger partial charge in [0.05, 0.1) is 5.56 Å². The lowest BCUT2D eigenvalue weighted by molar-refractivity contribution is -0.137. The van der Waals surface area contributed by atoms with Crippen LogP contribution in [0.25, 0.3) is 0 Å². The van der Waals surface area contributed by atoms with Gasteiger partial charge in [-0.05, 0) is 29.8 Å². The lowest BCUT2D eigenvalue weighted by Crippen LogP contribution is -2.26. The molecule has 0 aliphatic rings. The molecule has 0 aliphatic heterocycles. The van der Waals surface area contributed by atoms with Crippen LogP contribution < -0.4 is 0 Å². The number of benzene rings is 1. The average Bonchev–Trinajstić information content (AvgIpc) is 2.95. The molecule has 1 heterocycles. The van der Waals surface area contributed by atoms with Crippen LogP contribution in [-0.2, 0) is 12.7 Å². The third-order valence-electron chi connectivity index (χ3n) is 3.18. The topological polar surface area (TPSA) is 50.5 Å². The molecule has 4 nitrogen and oxygen atoms in total. The Labute approximate surface area is 130 Å². The van der Waals surface area contributed by atoms with Crippen molar-refractivity contribution in [3.63, 3.8) is 0 Å². The van der Waals surface area contributed by atoms with E-state index in [9.17, 15) is 22.8 Å². The molecular formula is C16H14F3NO3. The highest BCUT2D eigenvalue weighted by molar-refractivity contribution is 5.95. The normalized spacial score (nSPS) is 11.3. The summed E-state index contributed by atoms with van der Waals surface area (Å²) < 4.78 is 43.2. The molecule has 122 valence electrons. The van der Waals surface area contributed by atoms with Crippen LogP contribution in [0.2, 0.25) is 0 Å². The van der Waals surface area contributed by atoms with E-state index >= 15 is 0 Å². The first-order chi connectivity index (χ1) is 10.7. The van der Waals surface area contributed by atoms with E-state index in [0.717, 1.165) is 12.1 Å². The predicted molar refractivity (Wildman–Crippen MR) is 76.0 cm³/mol. The van der Waals surface area contributed by atoms with Crippen molar-refractivity contribution in [1.29, 1.82) is 0 Å². The number of Topliss-reactive ketones (excluding diaryl/α,β-unsaturated/α-hetero) is 1. The highest BCUT2D eigenvalue weighted by Gasteiger charge is 2.30. The Balaban J connectivity index is 2.13. The van der Waals surface area contributed by atoms with E-state index in [1.54, 1.807) is 0 Å². The molecule has 0 aliphatic carbocycles. The molecule has 0 saturated heterocycles. The van der Waals surface area contributed by atoms with Crippen LogP contribution >= 0.6 is 0 Å². The minimum atomic E-state index is -4.43. The van der Waals surface area contributed by atoms with Crippen LogP contribution in [0.1, 0.15) is 39.2 Å². The van der Waals surface area contributed by atoms with Gasteiger partial charge in [-0.1, -0.05) is 12.1 Å². The highest BCUT2D eigenvalue weighted by Crippen LogP contribution is 2.29. The fraction of sp³-hybridized carbons (Fsp3) is 0.250. The molecule has 0 fully saturated rings. The second-order valence-corrected chi connectivity index (χ2v) is 5.08. The maximum Gasteiger partial charge on any atom is 0.416 e. The Morgan fingerprint density at radius 1 is 1.13 bits per heavy atom. The lowest BCUT2D eigenvalue weighted by Gasteiger charge is -2.17. The Morgan fingerprint density at radius 3 is 2.35 bits per heavy atom. The number of ketones is 1. The zero-order valence-electron chi connectivity index (χ0n) is 12.5. The summed E-state index contributed by atoms with van der Waals surface area (Å²) in [6.07, 6.45) is -4.43. The number of alkyl halides is 3. The van der Waals surface area contributed by atoms with Crippen molar-refractivity contribution >= 4 is 11.7 Å². The Bertz CT molecular complexity index is 734. The van der Waals surface area contributed by atoms with Gasteiger partial charge in [0.1, 0.15) is 0 Å². The van der Waals surface area contributed by atoms with Crippen LogP contribution in [0.3, 0.4) is 0 Å². The number of carbonyl (C=O) groups excluding carboxylic acids is 2. The van der Waals surface area contributed by atoms with Crippen molar-refractivity contribution in [3.8, 4) is 0 Å². The molecule has 1 aromatic carbocycles. The van der Waals surface area contributed by atoms with Crippen molar-refractivity contribution < 1.29 is 27.2 Å². The van der Waals surface area contributed by atoms with Gasteiger partial charge < -0.3 is 9.32 Å². The molecule has 23 heavy (non-hydrogen) atoms. The predicted octanol–water partition coefficient (Wildman–Crippen LogP) is 3.77. The number of hydrogen-bond acceptors (Lipinski definition) is 3. The number of nitrogens with zero attached hydrogens (tertiary/aromatic N) is 1. The second-order valence-electron chi connectivity index (χ2n) is 5.08. The van der Waals surface area contributed by atoms with Gasteiger partial charge in [0.15, 0.2) is 17.3 Å². The van der Waals surface area contributed by atoms with E-state index in [1.807, 2.05) is 0 Å². The summed E-state index contributed by atoms with van der Waals surface area (Å²) >= 11 is 0. The third kappa shape index (κ3) is 4.00. The van der Waals surface area contributed by atoms with E-state index in [2.05, 4.69) is 0 Å². The molecule has 1 aromatic heterocycles. The fourth-order valence-electron chi connectivity index (χ4n) is 2.02. The zero-order valence-corrected chi connectivity index (χ0v) is 12.5. The molecular weight excluding hydrogens is 311 g/mol. The molecule has 0 spiro atoms. The van der Waals surface area contributed by atoms with Crippen molar-refractivity contribution in [1.82, 2.24) is 4.90 Å². The van der Waals surface area contributed by atoms with Gasteiger partial charge in [0.25, 0.3) is 5.91 Å². The maximum absolute atomic E-state index is 12.7. The molecule has 7 heteroatoms. The smallest absolute Gasteiger partial charge is 0.416 e. The van der Waals surface area contributed by atoms with Gasteiger partial charge >= 0.3 is 6.18 Å². The van der Waals surface area contributed by atoms with Crippen molar-refractivity contribution in [3.05, 3.63) is 59.0 Å². The average molecular weight is 325 g/mol. The fourth-order valence-corrected chi connectivity index (χ4v) is 2.02. The molecule has 1 amide bonds. The van der Waals surface area contributed by atoms with E-state index < -0.39 is 17.6 Å². The third-order valence-corrected chi connectivity index (χ3v) is 3.18. The van der Waals surface area contributed by atoms with Gasteiger partial charge in [-0.2, -0.15) is 13.2 Å². The van der Waals surface area contributed by atoms with Gasteiger partial charge in [-0.15, -0.1) is 0 Å². The summed E-state index contributed by atoms with van der Waals surface area (Å²) in [7, 11) is 1.44. The molecule has 0 saturated carbocycles. The first kappa shape index (κ1) is 16.8. The Kier molecular flexibility index (Phi) is 4.58. The maximum atomic E-state index is 12.7. The summed E-state index contributed by atoms with van der Waals surface area (Å²) in [6, 6.07) is 7.50. The van der Waals surface area contributed by atoms with Gasteiger partial charge in [-0.25, -0.2) is 0 Å². The largest absolute Gasteiger partial charge is 0.448 e. The second kappa shape index (κ2) is 6.28. The lowest BCUT2D eigenvalue weighted by atomic mass is 10.1. The summed E-state index contributed by atoms with van der Waals surface area (Å²) in [5.41, 5.74) is -0.429. The molecule has 0 N–H and O–H groups in total. The molecule has 0 unspecified atom stereocenters. The minimum absolute atomic E-state index is 0.0150. The number of furan rings is 1. The van der Waals surface area contributed by atoms with Crippen LogP contribution in [0.15, 0.2) is 40.8 Å². The molecule has 0 bridgehead atoms. The van der Waals surface area contributed by atoms with Gasteiger partial charge in [0, 0.05) is 20.5 Å². The standard InChI is InChI=1S/C16H14F3NO3/c1-10(21)13-6-7-14(23-13)15(22)20(2)9-11-4-3-5-12(8-11)16(17,18)19/h3-8H,9H2,1-2H3. The summed E-state index contributed by atoms with van der Waals surface area (Å²) in [5.74, 6) is -0.815. The van der Waals surface area contributed by atoms with Crippen molar-refractivity contribution in [2.45, 2.75) is 19.6 Å². The van der Waals surface area contributed by atoms with Crippen LogP contribution in [0.4, 0.5) is 13.2 Å². The Hall–Kier alpha value is -2.57. The number of amides is 1. The van der Waals surface area contributed by atoms with Crippen molar-refractivity contribution in [2.75, 3.05) is 7.05 Å². The highest BCUT2D eigenvalue weighted by atomic mass is 19.4. The van der Waals surface area contributed by atoms with Crippen LogP contribution in [0.5, 0.6) is 0 Å². The number of halogens is 3. The number of hydrogen-bond donors (Lipinski definition) is 0. The van der Waals surface area contributed by atoms with E-state index in [4.69, 9.17) is 4.42 Å². The van der Waals surface area contributed by atoms with Gasteiger partial charge in [-0.3, -0.25) is 9.59 Å².